The SMILES string of the molecule is Cc1cc(C(N)=S)cc(N(C)Cc2cscn2)n1. The normalized spacial score (nSPS) is 10.3. The molecule has 4 nitrogen and oxygen atoms in total. The summed E-state index contributed by atoms with van der Waals surface area (Å²) in [4.78, 5) is 11.2. The van der Waals surface area contributed by atoms with Crippen LogP contribution in [0, 0.1) is 6.92 Å². The number of pyridine rings is 1. The van der Waals surface area contributed by atoms with Gasteiger partial charge in [-0.1, -0.05) is 12.2 Å². The summed E-state index contributed by atoms with van der Waals surface area (Å²) in [6.07, 6.45) is 0. The van der Waals surface area contributed by atoms with E-state index >= 15 is 0 Å². The molecule has 0 aliphatic rings. The molecule has 0 unspecified atom stereocenters. The topological polar surface area (TPSA) is 55.0 Å². The van der Waals surface area contributed by atoms with E-state index in [1.807, 2.05) is 41.9 Å². The Bertz CT molecular complexity index is 551. The molecule has 0 amide bonds. The Labute approximate surface area is 115 Å². The van der Waals surface area contributed by atoms with Crippen molar-refractivity contribution in [3.05, 3.63) is 40.0 Å². The second-order valence-electron chi connectivity index (χ2n) is 4.06. The Morgan fingerprint density at radius 2 is 2.28 bits per heavy atom. The molecule has 6 heteroatoms. The Morgan fingerprint density at radius 1 is 1.50 bits per heavy atom. The first-order chi connectivity index (χ1) is 8.56. The first-order valence-corrected chi connectivity index (χ1v) is 6.78. The van der Waals surface area contributed by atoms with Crippen molar-refractivity contribution in [1.29, 1.82) is 0 Å². The lowest BCUT2D eigenvalue weighted by molar-refractivity contribution is 0.869. The number of nitrogens with zero attached hydrogens (tertiary/aromatic N) is 3. The quantitative estimate of drug-likeness (QED) is 0.868. The second kappa shape index (κ2) is 5.41. The van der Waals surface area contributed by atoms with Gasteiger partial charge in [0.15, 0.2) is 0 Å². The van der Waals surface area contributed by atoms with Crippen molar-refractivity contribution in [3.63, 3.8) is 0 Å². The molecule has 0 saturated carbocycles. The van der Waals surface area contributed by atoms with Crippen molar-refractivity contribution < 1.29 is 0 Å². The Balaban J connectivity index is 2.24. The molecule has 18 heavy (non-hydrogen) atoms. The molecule has 0 aliphatic carbocycles. The Morgan fingerprint density at radius 3 is 2.89 bits per heavy atom. The van der Waals surface area contributed by atoms with Crippen molar-refractivity contribution in [3.8, 4) is 0 Å². The fourth-order valence-electron chi connectivity index (χ4n) is 1.63. The lowest BCUT2D eigenvalue weighted by Gasteiger charge is -2.18. The van der Waals surface area contributed by atoms with E-state index in [-0.39, 0.29) is 0 Å². The number of nitrogens with two attached hydrogens (primary N) is 1. The summed E-state index contributed by atoms with van der Waals surface area (Å²) < 4.78 is 0. The molecule has 0 bridgehead atoms. The third kappa shape index (κ3) is 3.02. The molecule has 0 fully saturated rings. The van der Waals surface area contributed by atoms with Gasteiger partial charge in [0.2, 0.25) is 0 Å². The largest absolute Gasteiger partial charge is 0.389 e. The fourth-order valence-corrected chi connectivity index (χ4v) is 2.30. The van der Waals surface area contributed by atoms with Crippen LogP contribution in [0.3, 0.4) is 0 Å². The highest BCUT2D eigenvalue weighted by Gasteiger charge is 2.08. The van der Waals surface area contributed by atoms with E-state index in [2.05, 4.69) is 9.97 Å². The van der Waals surface area contributed by atoms with Crippen LogP contribution in [0.4, 0.5) is 5.82 Å². The number of thiazole rings is 1. The monoisotopic (exact) mass is 278 g/mol. The smallest absolute Gasteiger partial charge is 0.129 e. The molecular weight excluding hydrogens is 264 g/mol. The molecule has 0 atom stereocenters. The van der Waals surface area contributed by atoms with Gasteiger partial charge in [-0.25, -0.2) is 9.97 Å². The van der Waals surface area contributed by atoms with Gasteiger partial charge in [-0.15, -0.1) is 11.3 Å². The summed E-state index contributed by atoms with van der Waals surface area (Å²) in [5.74, 6) is 0.853. The van der Waals surface area contributed by atoms with Gasteiger partial charge in [-0.05, 0) is 19.1 Å². The van der Waals surface area contributed by atoms with E-state index in [9.17, 15) is 0 Å². The van der Waals surface area contributed by atoms with Gasteiger partial charge in [0.05, 0.1) is 17.7 Å². The third-order valence-corrected chi connectivity index (χ3v) is 3.37. The van der Waals surface area contributed by atoms with Gasteiger partial charge in [0.1, 0.15) is 10.8 Å². The Kier molecular flexibility index (Phi) is 3.88. The van der Waals surface area contributed by atoms with Crippen LogP contribution in [0.15, 0.2) is 23.0 Å². The van der Waals surface area contributed by atoms with Gasteiger partial charge >= 0.3 is 0 Å². The molecule has 2 N–H and O–H groups in total. The van der Waals surface area contributed by atoms with Crippen molar-refractivity contribution in [2.24, 2.45) is 5.73 Å². The highest BCUT2D eigenvalue weighted by atomic mass is 32.1. The fraction of sp³-hybridized carbons (Fsp3) is 0.250. The van der Waals surface area contributed by atoms with Crippen molar-refractivity contribution >= 4 is 34.4 Å². The molecule has 94 valence electrons. The summed E-state index contributed by atoms with van der Waals surface area (Å²) in [6.45, 7) is 2.65. The molecule has 0 aromatic carbocycles. The number of thiocarbonyl (C=S) groups is 1. The third-order valence-electron chi connectivity index (χ3n) is 2.50. The molecule has 2 aromatic rings. The summed E-state index contributed by atoms with van der Waals surface area (Å²) in [5.41, 5.74) is 10.3. The number of rotatable bonds is 4. The van der Waals surface area contributed by atoms with E-state index in [0.717, 1.165) is 29.3 Å². The van der Waals surface area contributed by atoms with Gasteiger partial charge in [-0.2, -0.15) is 0 Å². The lowest BCUT2D eigenvalue weighted by atomic mass is 10.2. The molecule has 2 rings (SSSR count). The number of aromatic nitrogens is 2. The Hall–Kier alpha value is -1.53. The maximum atomic E-state index is 5.66. The van der Waals surface area contributed by atoms with E-state index < -0.39 is 0 Å². The first kappa shape index (κ1) is 12.9. The minimum atomic E-state index is 0.392. The van der Waals surface area contributed by atoms with E-state index in [1.54, 1.807) is 11.3 Å². The molecular formula is C12H14N4S2. The molecule has 0 aliphatic heterocycles. The lowest BCUT2D eigenvalue weighted by Crippen LogP contribution is -2.19. The summed E-state index contributed by atoms with van der Waals surface area (Å²) >= 11 is 6.59. The predicted molar refractivity (Wildman–Crippen MR) is 79.1 cm³/mol. The van der Waals surface area contributed by atoms with Crippen LogP contribution in [0.1, 0.15) is 17.0 Å². The maximum Gasteiger partial charge on any atom is 0.129 e. The van der Waals surface area contributed by atoms with Gasteiger partial charge < -0.3 is 10.6 Å². The van der Waals surface area contributed by atoms with E-state index in [4.69, 9.17) is 18.0 Å². The highest BCUT2D eigenvalue weighted by Crippen LogP contribution is 2.16. The zero-order valence-corrected chi connectivity index (χ0v) is 11.9. The number of anilines is 1. The minimum absolute atomic E-state index is 0.392. The van der Waals surface area contributed by atoms with Gasteiger partial charge in [0.25, 0.3) is 0 Å². The van der Waals surface area contributed by atoms with Crippen molar-refractivity contribution in [1.82, 2.24) is 9.97 Å². The van der Waals surface area contributed by atoms with Gasteiger partial charge in [-0.3, -0.25) is 0 Å². The summed E-state index contributed by atoms with van der Waals surface area (Å²) in [5, 5.41) is 2.03. The van der Waals surface area contributed by atoms with Crippen LogP contribution in [0.2, 0.25) is 0 Å². The van der Waals surface area contributed by atoms with E-state index in [1.165, 1.54) is 0 Å². The number of aryl methyl sites for hydroxylation is 1. The number of hydrogen-bond donors (Lipinski definition) is 1. The van der Waals surface area contributed by atoms with Crippen molar-refractivity contribution in [2.75, 3.05) is 11.9 Å². The summed E-state index contributed by atoms with van der Waals surface area (Å²) in [7, 11) is 1.98. The van der Waals surface area contributed by atoms with Crippen LogP contribution in [0.25, 0.3) is 0 Å². The van der Waals surface area contributed by atoms with Crippen LogP contribution in [0.5, 0.6) is 0 Å². The zero-order chi connectivity index (χ0) is 13.1. The van der Waals surface area contributed by atoms with E-state index in [0.29, 0.717) is 4.99 Å². The molecule has 0 saturated heterocycles. The first-order valence-electron chi connectivity index (χ1n) is 5.43. The molecule has 0 spiro atoms. The van der Waals surface area contributed by atoms with Crippen LogP contribution < -0.4 is 10.6 Å². The second-order valence-corrected chi connectivity index (χ2v) is 5.21. The summed E-state index contributed by atoms with van der Waals surface area (Å²) in [6, 6.07) is 3.80. The van der Waals surface area contributed by atoms with Crippen LogP contribution in [-0.2, 0) is 6.54 Å². The minimum Gasteiger partial charge on any atom is -0.389 e. The van der Waals surface area contributed by atoms with Gasteiger partial charge in [0, 0.05) is 23.7 Å². The standard InChI is InChI=1S/C12H14N4S2/c1-8-3-9(12(13)17)4-11(15-8)16(2)5-10-6-18-7-14-10/h3-4,6-7H,5H2,1-2H3,(H2,13,17). The average Bonchev–Trinajstić information content (AvgIpc) is 2.80. The number of hydrogen-bond acceptors (Lipinski definition) is 5. The van der Waals surface area contributed by atoms with Crippen molar-refractivity contribution in [2.45, 2.75) is 13.5 Å². The molecule has 2 heterocycles. The highest BCUT2D eigenvalue weighted by molar-refractivity contribution is 7.80. The molecule has 0 radical (unpaired) electrons. The zero-order valence-electron chi connectivity index (χ0n) is 10.3. The van der Waals surface area contributed by atoms with Crippen LogP contribution in [-0.4, -0.2) is 22.0 Å². The maximum absolute atomic E-state index is 5.66. The predicted octanol–water partition coefficient (Wildman–Crippen LogP) is 2.12. The van der Waals surface area contributed by atoms with Crippen LogP contribution >= 0.6 is 23.6 Å². The molecule has 2 aromatic heterocycles. The average molecular weight is 278 g/mol.